The summed E-state index contributed by atoms with van der Waals surface area (Å²) in [6.07, 6.45) is 7.38. The summed E-state index contributed by atoms with van der Waals surface area (Å²) < 4.78 is 6.34. The van der Waals surface area contributed by atoms with E-state index >= 15 is 0 Å². The van der Waals surface area contributed by atoms with E-state index in [1.807, 2.05) is 0 Å². The van der Waals surface area contributed by atoms with Crippen molar-refractivity contribution in [2.45, 2.75) is 43.2 Å². The van der Waals surface area contributed by atoms with Gasteiger partial charge in [0.2, 0.25) is 0 Å². The third-order valence-corrected chi connectivity index (χ3v) is 33.0. The van der Waals surface area contributed by atoms with Crippen molar-refractivity contribution in [3.05, 3.63) is 228 Å². The van der Waals surface area contributed by atoms with E-state index in [9.17, 15) is 0 Å². The van der Waals surface area contributed by atoms with Gasteiger partial charge >= 0.3 is 395 Å². The largest absolute Gasteiger partial charge is 0.147 e. The van der Waals surface area contributed by atoms with Crippen molar-refractivity contribution in [3.8, 4) is 44.5 Å². The fourth-order valence-electron chi connectivity index (χ4n) is 12.8. The van der Waals surface area contributed by atoms with E-state index < -0.39 is 17.4 Å². The molecule has 0 spiro atoms. The van der Waals surface area contributed by atoms with Gasteiger partial charge in [0.25, 0.3) is 0 Å². The molecule has 4 heteroatoms. The molecule has 0 aromatic heterocycles. The van der Waals surface area contributed by atoms with Crippen LogP contribution in [0, 0.1) is 0 Å². The molecule has 0 radical (unpaired) electrons. The van der Waals surface area contributed by atoms with Crippen LogP contribution in [-0.4, -0.2) is 6.88 Å². The molecule has 2 unspecified atom stereocenters. The Morgan fingerprint density at radius 3 is 0.912 bits per heavy atom. The summed E-state index contributed by atoms with van der Waals surface area (Å²) in [5, 5.41) is 10.4. The number of benzene rings is 10. The van der Waals surface area contributed by atoms with Crippen LogP contribution < -0.4 is 0 Å². The second-order valence-corrected chi connectivity index (χ2v) is 50.5. The fraction of sp³-hybridized carbons (Fsp3) is 0.125. The quantitative estimate of drug-likeness (QED) is 0.133. The van der Waals surface area contributed by atoms with Crippen molar-refractivity contribution in [2.24, 2.45) is 0 Å². The molecule has 0 saturated heterocycles. The minimum Gasteiger partial charge on any atom is -0.147 e. The van der Waals surface area contributed by atoms with Crippen molar-refractivity contribution < 1.29 is 17.4 Å². The van der Waals surface area contributed by atoms with Gasteiger partial charge in [-0.15, -0.1) is 24.8 Å². The Labute approximate surface area is 416 Å². The summed E-state index contributed by atoms with van der Waals surface area (Å²) in [6.45, 7) is 7.35. The van der Waals surface area contributed by atoms with Crippen LogP contribution in [0.15, 0.2) is 205 Å². The van der Waals surface area contributed by atoms with Gasteiger partial charge in [-0.3, -0.25) is 0 Å². The second kappa shape index (κ2) is 17.7. The van der Waals surface area contributed by atoms with Gasteiger partial charge in [-0.1, -0.05) is 0 Å². The fourth-order valence-corrected chi connectivity index (χ4v) is 32.8. The summed E-state index contributed by atoms with van der Waals surface area (Å²) in [5.74, 6) is 0. The zero-order valence-corrected chi connectivity index (χ0v) is 44.7. The maximum absolute atomic E-state index is 4.32. The molecule has 334 valence electrons. The molecule has 2 aliphatic carbocycles. The first-order chi connectivity index (χ1) is 32.2. The summed E-state index contributed by atoms with van der Waals surface area (Å²) in [7, 11) is 0. The number of rotatable bonds is 8. The maximum atomic E-state index is 2.85. The molecule has 12 rings (SSSR count). The average molecular weight is 1020 g/mol. The predicted molar refractivity (Wildman–Crippen MR) is 301 cm³/mol. The predicted octanol–water partition coefficient (Wildman–Crippen LogP) is 18.5. The Morgan fingerprint density at radius 2 is 0.603 bits per heavy atom. The van der Waals surface area contributed by atoms with Gasteiger partial charge < -0.3 is 0 Å². The van der Waals surface area contributed by atoms with Gasteiger partial charge in [0.1, 0.15) is 0 Å². The standard InChI is InChI=1S/2C31H23.2CH3.2ClH.H2Si.Zr/c2*1-2-21-19-30-28(26-15-7-11-22-9-3-5-13-24(22)26)17-18-29(31(30)20-21)27-16-8-12-23-10-4-6-14-25(23)27;;;;;;/h2*3-20H,2H2,1H3;2*1H3;2*1H;1H2;. The van der Waals surface area contributed by atoms with E-state index in [1.165, 1.54) is 98.7 Å². The molecule has 0 bridgehead atoms. The monoisotopic (exact) mass is 1010 g/mol. The van der Waals surface area contributed by atoms with Crippen molar-refractivity contribution in [2.75, 3.05) is 0 Å². The normalized spacial score (nSPS) is 15.4. The Morgan fingerprint density at radius 1 is 0.338 bits per heavy atom. The van der Waals surface area contributed by atoms with Crippen molar-refractivity contribution >= 4 is 86.9 Å². The van der Waals surface area contributed by atoms with E-state index in [4.69, 9.17) is 0 Å². The summed E-state index contributed by atoms with van der Waals surface area (Å²) in [6, 6.07) is 73.4. The van der Waals surface area contributed by atoms with Crippen LogP contribution in [0.25, 0.3) is 99.7 Å². The molecule has 0 amide bonds. The van der Waals surface area contributed by atoms with Gasteiger partial charge in [0.05, 0.1) is 0 Å². The Bertz CT molecular complexity index is 3530. The third-order valence-electron chi connectivity index (χ3n) is 15.6. The minimum atomic E-state index is -4.32. The number of allylic oxidation sites excluding steroid dienone is 2. The van der Waals surface area contributed by atoms with Crippen LogP contribution in [0.2, 0.25) is 9.26 Å². The average Bonchev–Trinajstić information content (AvgIpc) is 3.97. The van der Waals surface area contributed by atoms with E-state index in [0.29, 0.717) is 7.25 Å². The van der Waals surface area contributed by atoms with Crippen molar-refractivity contribution in [3.63, 3.8) is 0 Å². The molecule has 0 fully saturated rings. The van der Waals surface area contributed by atoms with Crippen LogP contribution in [0.1, 0.15) is 56.2 Å². The molecule has 10 aromatic rings. The van der Waals surface area contributed by atoms with Crippen LogP contribution in [-0.2, 0) is 17.4 Å². The van der Waals surface area contributed by atoms with E-state index in [0.717, 1.165) is 12.8 Å². The van der Waals surface area contributed by atoms with Crippen molar-refractivity contribution in [1.82, 2.24) is 0 Å². The molecule has 0 aliphatic heterocycles. The van der Waals surface area contributed by atoms with E-state index in [1.54, 1.807) is 22.3 Å². The van der Waals surface area contributed by atoms with Crippen LogP contribution >= 0.6 is 24.8 Å². The summed E-state index contributed by atoms with van der Waals surface area (Å²) in [4.78, 5) is 0. The SMILES string of the molecule is CCC1=Cc2c(-c3cccc4ccccc34)ccc(-c3cccc4ccccc34)c2[CH]1[Zr]([CH3])([CH3])(=[SiH2])[CH]1C(CC)=Cc2c(-c3cccc4ccccc34)ccc(-c3cccc4ccccc34)c21.Cl.Cl. The van der Waals surface area contributed by atoms with Gasteiger partial charge in [0.15, 0.2) is 0 Å². The first-order valence-electron chi connectivity index (χ1n) is 24.0. The molecule has 2 aliphatic rings. The van der Waals surface area contributed by atoms with E-state index in [2.05, 4.69) is 236 Å². The van der Waals surface area contributed by atoms with Gasteiger partial charge in [-0.25, -0.2) is 0 Å². The van der Waals surface area contributed by atoms with Crippen LogP contribution in [0.4, 0.5) is 0 Å². The zero-order chi connectivity index (χ0) is 44.8. The molecule has 0 saturated carbocycles. The molecule has 0 nitrogen and oxygen atoms in total. The number of hydrogen-bond donors (Lipinski definition) is 0. The van der Waals surface area contributed by atoms with Gasteiger partial charge in [0, 0.05) is 0 Å². The third kappa shape index (κ3) is 7.17. The van der Waals surface area contributed by atoms with Crippen molar-refractivity contribution in [1.29, 1.82) is 0 Å². The Kier molecular flexibility index (Phi) is 12.0. The number of halogens is 2. The van der Waals surface area contributed by atoms with Crippen LogP contribution in [0.3, 0.4) is 0 Å². The zero-order valence-electron chi connectivity index (χ0n) is 39.2. The molecule has 0 heterocycles. The topological polar surface area (TPSA) is 0 Å². The van der Waals surface area contributed by atoms with Gasteiger partial charge in [-0.2, -0.15) is 0 Å². The minimum absolute atomic E-state index is 0. The summed E-state index contributed by atoms with van der Waals surface area (Å²) >= 11 is -4.32. The first-order valence-corrected chi connectivity index (χ1v) is 37.6. The first kappa shape index (κ1) is 46.1. The molecular weight excluding hydrogens is 959 g/mol. The van der Waals surface area contributed by atoms with Crippen LogP contribution in [0.5, 0.6) is 0 Å². The molecule has 10 aromatic carbocycles. The molecule has 2 atom stereocenters. The summed E-state index contributed by atoms with van der Waals surface area (Å²) in [5.41, 5.74) is 20.0. The molecular formula is C64H56Cl2SiZr. The maximum Gasteiger partial charge on any atom is -0.147 e. The van der Waals surface area contributed by atoms with E-state index in [-0.39, 0.29) is 24.8 Å². The Balaban J connectivity index is 0.00000269. The second-order valence-electron chi connectivity index (χ2n) is 20.0. The van der Waals surface area contributed by atoms with Gasteiger partial charge in [-0.05, 0) is 0 Å². The smallest absolute Gasteiger partial charge is 0.147 e. The Hall–Kier alpha value is -5.60. The molecule has 68 heavy (non-hydrogen) atoms. The molecule has 0 N–H and O–H groups in total. The number of hydrogen-bond acceptors (Lipinski definition) is 0. The number of fused-ring (bicyclic) bond motifs is 6.